The Balaban J connectivity index is 1.34. The van der Waals surface area contributed by atoms with E-state index in [1.807, 2.05) is 36.1 Å². The molecule has 29 heavy (non-hydrogen) atoms. The average Bonchev–Trinajstić information content (AvgIpc) is 3.20. The fourth-order valence-corrected chi connectivity index (χ4v) is 4.46. The molecule has 6 heteroatoms. The van der Waals surface area contributed by atoms with Crippen molar-refractivity contribution in [2.75, 3.05) is 6.54 Å². The van der Waals surface area contributed by atoms with Gasteiger partial charge in [-0.15, -0.1) is 10.2 Å². The van der Waals surface area contributed by atoms with Crippen LogP contribution in [0.2, 0.25) is 0 Å². The Labute approximate surface area is 175 Å². The van der Waals surface area contributed by atoms with E-state index in [-0.39, 0.29) is 11.2 Å². The fraction of sp³-hybridized carbons (Fsp3) is 0.348. The maximum Gasteiger partial charge on any atom is 0.277 e. The van der Waals surface area contributed by atoms with E-state index < -0.39 is 0 Å². The van der Waals surface area contributed by atoms with Gasteiger partial charge >= 0.3 is 0 Å². The van der Waals surface area contributed by atoms with Gasteiger partial charge in [-0.25, -0.2) is 0 Å². The first kappa shape index (κ1) is 19.7. The number of benzene rings is 2. The van der Waals surface area contributed by atoms with Crippen LogP contribution in [0.3, 0.4) is 0 Å². The largest absolute Gasteiger partial charge is 0.416 e. The van der Waals surface area contributed by atoms with E-state index in [1.165, 1.54) is 28.5 Å². The molecule has 0 bridgehead atoms. The molecule has 1 aliphatic rings. The fourth-order valence-electron chi connectivity index (χ4n) is 3.67. The average molecular weight is 408 g/mol. The Kier molecular flexibility index (Phi) is 6.00. The molecule has 1 amide bonds. The van der Waals surface area contributed by atoms with Crippen LogP contribution in [0, 0.1) is 0 Å². The molecule has 5 nitrogen and oxygen atoms in total. The lowest BCUT2D eigenvalue weighted by Crippen LogP contribution is -2.40. The number of nitrogens with zero attached hydrogens (tertiary/aromatic N) is 3. The van der Waals surface area contributed by atoms with Gasteiger partial charge in [0.25, 0.3) is 5.22 Å². The van der Waals surface area contributed by atoms with E-state index in [2.05, 4.69) is 47.5 Å². The first-order valence-corrected chi connectivity index (χ1v) is 10.9. The van der Waals surface area contributed by atoms with Gasteiger partial charge in [0.05, 0.1) is 5.25 Å². The first-order chi connectivity index (χ1) is 14.1. The molecule has 2 atom stereocenters. The van der Waals surface area contributed by atoms with Crippen LogP contribution in [0.1, 0.15) is 42.3 Å². The van der Waals surface area contributed by atoms with Crippen molar-refractivity contribution in [3.05, 3.63) is 77.2 Å². The van der Waals surface area contributed by atoms with Crippen LogP contribution >= 0.6 is 11.8 Å². The lowest BCUT2D eigenvalue weighted by atomic mass is 9.98. The van der Waals surface area contributed by atoms with E-state index in [0.29, 0.717) is 30.0 Å². The van der Waals surface area contributed by atoms with Crippen LogP contribution in [0.4, 0.5) is 0 Å². The molecular formula is C23H25N3O2S. The highest BCUT2D eigenvalue weighted by molar-refractivity contribution is 8.00. The van der Waals surface area contributed by atoms with Gasteiger partial charge in [-0.3, -0.25) is 4.79 Å². The monoisotopic (exact) mass is 407 g/mol. The number of rotatable bonds is 6. The summed E-state index contributed by atoms with van der Waals surface area (Å²) < 4.78 is 5.81. The van der Waals surface area contributed by atoms with Crippen LogP contribution in [0.5, 0.6) is 0 Å². The molecule has 1 aromatic heterocycles. The van der Waals surface area contributed by atoms with E-state index in [4.69, 9.17) is 4.42 Å². The smallest absolute Gasteiger partial charge is 0.277 e. The van der Waals surface area contributed by atoms with Crippen molar-refractivity contribution in [3.63, 3.8) is 0 Å². The summed E-state index contributed by atoms with van der Waals surface area (Å²) in [4.78, 5) is 14.8. The second-order valence-corrected chi connectivity index (χ2v) is 8.81. The molecule has 3 aromatic rings. The number of amides is 1. The number of fused-ring (bicyclic) bond motifs is 1. The highest BCUT2D eigenvalue weighted by atomic mass is 32.2. The second-order valence-electron chi connectivity index (χ2n) is 7.52. The van der Waals surface area contributed by atoms with Crippen LogP contribution in [-0.2, 0) is 24.2 Å². The lowest BCUT2D eigenvalue weighted by molar-refractivity contribution is -0.131. The van der Waals surface area contributed by atoms with Crippen LogP contribution < -0.4 is 0 Å². The molecule has 2 aromatic carbocycles. The standard InChI is InChI=1S/C23H25N3O2S/c1-16(18-8-4-3-5-9-18)14-21-24-25-23(28-21)29-17(2)22(27)26-13-12-19-10-6-7-11-20(19)15-26/h3-11,16-17H,12-15H2,1-2H3. The van der Waals surface area contributed by atoms with Crippen molar-refractivity contribution < 1.29 is 9.21 Å². The van der Waals surface area contributed by atoms with E-state index in [0.717, 1.165) is 13.0 Å². The molecule has 0 spiro atoms. The Bertz CT molecular complexity index is 973. The predicted molar refractivity (Wildman–Crippen MR) is 114 cm³/mol. The molecule has 0 saturated heterocycles. The van der Waals surface area contributed by atoms with Gasteiger partial charge < -0.3 is 9.32 Å². The number of carbonyl (C=O) groups is 1. The van der Waals surface area contributed by atoms with Crippen LogP contribution in [0.25, 0.3) is 0 Å². The lowest BCUT2D eigenvalue weighted by Gasteiger charge is -2.30. The maximum atomic E-state index is 12.9. The topological polar surface area (TPSA) is 59.2 Å². The SMILES string of the molecule is CC(Sc1nnc(CC(C)c2ccccc2)o1)C(=O)N1CCc2ccccc2C1. The Morgan fingerprint density at radius 1 is 1.07 bits per heavy atom. The number of aromatic nitrogens is 2. The number of hydrogen-bond donors (Lipinski definition) is 0. The van der Waals surface area contributed by atoms with Gasteiger partial charge in [-0.1, -0.05) is 73.3 Å². The van der Waals surface area contributed by atoms with Gasteiger partial charge in [0.2, 0.25) is 11.8 Å². The number of thioether (sulfide) groups is 1. The van der Waals surface area contributed by atoms with Crippen molar-refractivity contribution in [1.82, 2.24) is 15.1 Å². The molecule has 150 valence electrons. The third-order valence-electron chi connectivity index (χ3n) is 5.37. The Morgan fingerprint density at radius 2 is 1.79 bits per heavy atom. The molecule has 1 aliphatic heterocycles. The highest BCUT2D eigenvalue weighted by Crippen LogP contribution is 2.27. The van der Waals surface area contributed by atoms with Crippen LogP contribution in [0.15, 0.2) is 64.2 Å². The van der Waals surface area contributed by atoms with E-state index in [9.17, 15) is 4.79 Å². The van der Waals surface area contributed by atoms with Crippen molar-refractivity contribution in [2.45, 2.75) is 49.6 Å². The van der Waals surface area contributed by atoms with Gasteiger partial charge in [-0.2, -0.15) is 0 Å². The molecule has 0 N–H and O–H groups in total. The third-order valence-corrected chi connectivity index (χ3v) is 6.29. The summed E-state index contributed by atoms with van der Waals surface area (Å²) >= 11 is 1.34. The minimum atomic E-state index is -0.264. The van der Waals surface area contributed by atoms with Gasteiger partial charge in [0, 0.05) is 19.5 Å². The number of carbonyl (C=O) groups excluding carboxylic acids is 1. The van der Waals surface area contributed by atoms with Gasteiger partial charge in [0.15, 0.2) is 0 Å². The number of hydrogen-bond acceptors (Lipinski definition) is 5. The summed E-state index contributed by atoms with van der Waals surface area (Å²) in [6.45, 7) is 5.48. The van der Waals surface area contributed by atoms with Crippen molar-refractivity contribution >= 4 is 17.7 Å². The minimum Gasteiger partial charge on any atom is -0.416 e. The Hall–Kier alpha value is -2.60. The summed E-state index contributed by atoms with van der Waals surface area (Å²) in [6, 6.07) is 18.6. The molecular weight excluding hydrogens is 382 g/mol. The molecule has 0 radical (unpaired) electrons. The Morgan fingerprint density at radius 3 is 2.59 bits per heavy atom. The molecule has 0 aliphatic carbocycles. The predicted octanol–water partition coefficient (Wildman–Crippen LogP) is 4.48. The zero-order valence-corrected chi connectivity index (χ0v) is 17.6. The normalized spacial score (nSPS) is 15.6. The summed E-state index contributed by atoms with van der Waals surface area (Å²) in [5.74, 6) is 1.01. The molecule has 2 heterocycles. The van der Waals surface area contributed by atoms with Crippen molar-refractivity contribution in [2.24, 2.45) is 0 Å². The summed E-state index contributed by atoms with van der Waals surface area (Å²) in [5.41, 5.74) is 3.82. The summed E-state index contributed by atoms with van der Waals surface area (Å²) in [7, 11) is 0. The van der Waals surface area contributed by atoms with Crippen molar-refractivity contribution in [1.29, 1.82) is 0 Å². The highest BCUT2D eigenvalue weighted by Gasteiger charge is 2.26. The van der Waals surface area contributed by atoms with Crippen LogP contribution in [-0.4, -0.2) is 32.8 Å². The maximum absolute atomic E-state index is 12.9. The molecule has 4 rings (SSSR count). The van der Waals surface area contributed by atoms with Gasteiger partial charge in [0.1, 0.15) is 0 Å². The minimum absolute atomic E-state index is 0.113. The van der Waals surface area contributed by atoms with E-state index in [1.54, 1.807) is 0 Å². The van der Waals surface area contributed by atoms with E-state index >= 15 is 0 Å². The molecule has 2 unspecified atom stereocenters. The third kappa shape index (κ3) is 4.70. The molecule has 0 fully saturated rings. The summed E-state index contributed by atoms with van der Waals surface area (Å²) in [6.07, 6.45) is 1.59. The zero-order valence-electron chi connectivity index (χ0n) is 16.7. The second kappa shape index (κ2) is 8.82. The van der Waals surface area contributed by atoms with Crippen molar-refractivity contribution in [3.8, 4) is 0 Å². The molecule has 0 saturated carbocycles. The van der Waals surface area contributed by atoms with Gasteiger partial charge in [-0.05, 0) is 36.0 Å². The quantitative estimate of drug-likeness (QED) is 0.564. The zero-order chi connectivity index (χ0) is 20.2. The summed E-state index contributed by atoms with van der Waals surface area (Å²) in [5, 5.41) is 8.51. The first-order valence-electron chi connectivity index (χ1n) is 9.99.